The van der Waals surface area contributed by atoms with Gasteiger partial charge in [0.1, 0.15) is 11.6 Å². The molecule has 164 valence electrons. The number of imidazole rings is 1. The smallest absolute Gasteiger partial charge is 0.222 e. The van der Waals surface area contributed by atoms with Gasteiger partial charge >= 0.3 is 0 Å². The van der Waals surface area contributed by atoms with Crippen molar-refractivity contribution in [1.82, 2.24) is 20.2 Å². The fourth-order valence-corrected chi connectivity index (χ4v) is 5.03. The molecule has 0 aliphatic carbocycles. The molecule has 4 aromatic rings. The summed E-state index contributed by atoms with van der Waals surface area (Å²) in [5.41, 5.74) is 3.88. The second-order valence-electron chi connectivity index (χ2n) is 8.12. The number of aromatic nitrogens is 2. The Morgan fingerprint density at radius 3 is 2.75 bits per heavy atom. The number of amides is 1. The van der Waals surface area contributed by atoms with Gasteiger partial charge in [0.25, 0.3) is 0 Å². The first kappa shape index (κ1) is 20.8. The number of H-pyrrole nitrogens is 1. The molecule has 0 unspecified atom stereocenters. The van der Waals surface area contributed by atoms with E-state index in [4.69, 9.17) is 0 Å². The van der Waals surface area contributed by atoms with Gasteiger partial charge in [0, 0.05) is 30.9 Å². The van der Waals surface area contributed by atoms with Crippen molar-refractivity contribution < 1.29 is 9.18 Å². The number of carbonyl (C=O) groups is 1. The molecule has 1 fully saturated rings. The lowest BCUT2D eigenvalue weighted by Crippen LogP contribution is -2.28. The average Bonchev–Trinajstić information content (AvgIpc) is 3.53. The number of nitrogens with one attached hydrogen (secondary N) is 2. The molecule has 7 heteroatoms. The van der Waals surface area contributed by atoms with E-state index >= 15 is 0 Å². The van der Waals surface area contributed by atoms with Crippen LogP contribution in [0, 0.1) is 5.82 Å². The summed E-state index contributed by atoms with van der Waals surface area (Å²) in [5, 5.41) is 3.47. The molecule has 0 spiro atoms. The highest BCUT2D eigenvalue weighted by Crippen LogP contribution is 2.34. The number of hydrogen-bond donors (Lipinski definition) is 2. The molecule has 1 amide bonds. The first-order valence-electron chi connectivity index (χ1n) is 11.0. The van der Waals surface area contributed by atoms with Gasteiger partial charge in [0.05, 0.1) is 15.9 Å². The molecule has 5 rings (SSSR count). The Hall–Kier alpha value is -3.03. The van der Waals surface area contributed by atoms with Crippen LogP contribution in [0.25, 0.3) is 32.2 Å². The minimum atomic E-state index is -0.268. The molecule has 1 aliphatic rings. The van der Waals surface area contributed by atoms with Crippen LogP contribution in [0.3, 0.4) is 0 Å². The van der Waals surface area contributed by atoms with Gasteiger partial charge in [-0.1, -0.05) is 24.3 Å². The van der Waals surface area contributed by atoms with Gasteiger partial charge < -0.3 is 15.2 Å². The highest BCUT2D eigenvalue weighted by Gasteiger charge is 2.18. The molecule has 0 saturated carbocycles. The normalized spacial score (nSPS) is 14.0. The van der Waals surface area contributed by atoms with Crippen LogP contribution in [-0.4, -0.2) is 40.4 Å². The lowest BCUT2D eigenvalue weighted by molar-refractivity contribution is -0.127. The van der Waals surface area contributed by atoms with E-state index in [9.17, 15) is 9.18 Å². The van der Waals surface area contributed by atoms with Gasteiger partial charge in [0.15, 0.2) is 0 Å². The topological polar surface area (TPSA) is 61.0 Å². The summed E-state index contributed by atoms with van der Waals surface area (Å²) < 4.78 is 13.4. The number of halogens is 1. The number of rotatable bonds is 8. The van der Waals surface area contributed by atoms with Crippen molar-refractivity contribution in [2.24, 2.45) is 0 Å². The number of thiophene rings is 1. The summed E-state index contributed by atoms with van der Waals surface area (Å²) in [4.78, 5) is 23.6. The Labute approximate surface area is 190 Å². The highest BCUT2D eigenvalue weighted by atomic mass is 32.1. The van der Waals surface area contributed by atoms with Crippen LogP contribution in [0.5, 0.6) is 0 Å². The van der Waals surface area contributed by atoms with Crippen molar-refractivity contribution in [2.75, 3.05) is 19.6 Å². The Kier molecular flexibility index (Phi) is 6.01. The van der Waals surface area contributed by atoms with Crippen molar-refractivity contribution in [2.45, 2.75) is 25.8 Å². The molecule has 0 atom stereocenters. The summed E-state index contributed by atoms with van der Waals surface area (Å²) >= 11 is 1.67. The fraction of sp³-hybridized carbons (Fsp3) is 0.280. The Morgan fingerprint density at radius 2 is 1.94 bits per heavy atom. The molecule has 2 aromatic carbocycles. The van der Waals surface area contributed by atoms with Gasteiger partial charge in [-0.3, -0.25) is 4.79 Å². The second kappa shape index (κ2) is 9.22. The zero-order chi connectivity index (χ0) is 21.9. The van der Waals surface area contributed by atoms with Crippen molar-refractivity contribution in [3.05, 3.63) is 66.0 Å². The number of likely N-dealkylation sites (tertiary alicyclic amines) is 1. The van der Waals surface area contributed by atoms with E-state index in [2.05, 4.69) is 51.7 Å². The molecule has 0 bridgehead atoms. The van der Waals surface area contributed by atoms with Crippen molar-refractivity contribution in [3.8, 4) is 21.1 Å². The first-order valence-corrected chi connectivity index (χ1v) is 11.8. The molecule has 0 radical (unpaired) electrons. The Morgan fingerprint density at radius 1 is 1.09 bits per heavy atom. The van der Waals surface area contributed by atoms with Crippen LogP contribution in [0.2, 0.25) is 0 Å². The van der Waals surface area contributed by atoms with E-state index in [0.717, 1.165) is 55.2 Å². The summed E-state index contributed by atoms with van der Waals surface area (Å²) in [6, 6.07) is 17.3. The minimum absolute atomic E-state index is 0.268. The number of nitrogens with zero attached hydrogens (tertiary/aromatic N) is 2. The van der Waals surface area contributed by atoms with Gasteiger partial charge in [-0.2, -0.15) is 0 Å². The quantitative estimate of drug-likeness (QED) is 0.364. The summed E-state index contributed by atoms with van der Waals surface area (Å²) in [5.74, 6) is 0.792. The number of fused-ring (bicyclic) bond motifs is 1. The Balaban J connectivity index is 1.16. The number of aromatic amines is 1. The van der Waals surface area contributed by atoms with E-state index in [1.807, 2.05) is 4.90 Å². The van der Waals surface area contributed by atoms with Crippen LogP contribution >= 0.6 is 11.3 Å². The molecule has 5 nitrogen and oxygen atoms in total. The van der Waals surface area contributed by atoms with Gasteiger partial charge in [-0.15, -0.1) is 11.3 Å². The fourth-order valence-electron chi connectivity index (χ4n) is 4.07. The number of benzene rings is 2. The third-order valence-electron chi connectivity index (χ3n) is 5.80. The maximum atomic E-state index is 13.4. The summed E-state index contributed by atoms with van der Waals surface area (Å²) in [6.45, 7) is 3.49. The zero-order valence-electron chi connectivity index (χ0n) is 17.7. The summed E-state index contributed by atoms with van der Waals surface area (Å²) in [6.07, 6.45) is 2.70. The van der Waals surface area contributed by atoms with Crippen LogP contribution in [-0.2, 0) is 11.3 Å². The van der Waals surface area contributed by atoms with Crippen molar-refractivity contribution in [1.29, 1.82) is 0 Å². The van der Waals surface area contributed by atoms with Gasteiger partial charge in [-0.05, 0) is 60.8 Å². The minimum Gasteiger partial charge on any atom is -0.343 e. The van der Waals surface area contributed by atoms with Crippen LogP contribution < -0.4 is 5.32 Å². The van der Waals surface area contributed by atoms with E-state index in [-0.39, 0.29) is 5.82 Å². The summed E-state index contributed by atoms with van der Waals surface area (Å²) in [7, 11) is 0. The largest absolute Gasteiger partial charge is 0.343 e. The van der Waals surface area contributed by atoms with Crippen molar-refractivity contribution in [3.63, 3.8) is 0 Å². The van der Waals surface area contributed by atoms with E-state index in [1.54, 1.807) is 17.4 Å². The maximum Gasteiger partial charge on any atom is 0.222 e. The first-order chi connectivity index (χ1) is 15.7. The maximum absolute atomic E-state index is 13.4. The van der Waals surface area contributed by atoms with Crippen LogP contribution in [0.4, 0.5) is 4.39 Å². The molecule has 1 aliphatic heterocycles. The van der Waals surface area contributed by atoms with Gasteiger partial charge in [-0.25, -0.2) is 9.37 Å². The SMILES string of the molecule is O=C1CCCN1CCCNCc1ccc(-c2ccc(-c3nc4ccc(F)cc4[nH]3)s2)cc1. The second-order valence-corrected chi connectivity index (χ2v) is 9.21. The highest BCUT2D eigenvalue weighted by molar-refractivity contribution is 7.18. The van der Waals surface area contributed by atoms with E-state index < -0.39 is 0 Å². The molecular weight excluding hydrogens is 423 g/mol. The average molecular weight is 449 g/mol. The van der Waals surface area contributed by atoms with Gasteiger partial charge in [0.2, 0.25) is 5.91 Å². The number of carbonyl (C=O) groups excluding carboxylic acids is 1. The molecule has 1 saturated heterocycles. The molecule has 2 aromatic heterocycles. The zero-order valence-corrected chi connectivity index (χ0v) is 18.6. The lowest BCUT2D eigenvalue weighted by atomic mass is 10.1. The third kappa shape index (κ3) is 4.59. The van der Waals surface area contributed by atoms with Crippen molar-refractivity contribution >= 4 is 28.3 Å². The predicted molar refractivity (Wildman–Crippen MR) is 127 cm³/mol. The lowest BCUT2D eigenvalue weighted by Gasteiger charge is -2.15. The van der Waals surface area contributed by atoms with E-state index in [0.29, 0.717) is 17.8 Å². The molecular formula is C25H25FN4OS. The van der Waals surface area contributed by atoms with Crippen LogP contribution in [0.15, 0.2) is 54.6 Å². The molecule has 3 heterocycles. The van der Waals surface area contributed by atoms with E-state index in [1.165, 1.54) is 28.1 Å². The Bertz CT molecular complexity index is 1230. The monoisotopic (exact) mass is 448 g/mol. The van der Waals surface area contributed by atoms with Crippen LogP contribution in [0.1, 0.15) is 24.8 Å². The molecule has 2 N–H and O–H groups in total. The number of hydrogen-bond acceptors (Lipinski definition) is 4. The standard InChI is InChI=1S/C25H25FN4OS/c26-19-8-9-20-21(15-19)29-25(28-20)23-11-10-22(32-23)18-6-4-17(5-7-18)16-27-12-2-14-30-13-1-3-24(30)31/h4-11,15,27H,1-3,12-14,16H2,(H,28,29). The molecule has 32 heavy (non-hydrogen) atoms. The third-order valence-corrected chi connectivity index (χ3v) is 6.94. The predicted octanol–water partition coefficient (Wildman–Crippen LogP) is 5.20.